The zero-order valence-corrected chi connectivity index (χ0v) is 95.2. The lowest BCUT2D eigenvalue weighted by atomic mass is 10.2. The van der Waals surface area contributed by atoms with E-state index in [4.69, 9.17) is 49.3 Å². The van der Waals surface area contributed by atoms with Crippen molar-refractivity contribution in [1.82, 2.24) is 23.7 Å². The number of allylic oxidation sites excluding steroid dienone is 1. The molecule has 12 aromatic rings. The maximum atomic E-state index is 12.4. The molecule has 27 heteroatoms. The zero-order valence-electron chi connectivity index (χ0n) is 85.4. The number of nitrogens with one attached hydrogen (secondary N) is 2. The summed E-state index contributed by atoms with van der Waals surface area (Å²) in [5.41, 5.74) is 15.6. The molecule has 0 unspecified atom stereocenters. The van der Waals surface area contributed by atoms with Gasteiger partial charge in [0.25, 0.3) is 0 Å². The smallest absolute Gasteiger partial charge is 0.420 e. The fraction of sp³-hybridized carbons (Fsp3) is 0.369. The van der Waals surface area contributed by atoms with Crippen LogP contribution in [0.4, 0.5) is 14.4 Å². The van der Waals surface area contributed by atoms with Gasteiger partial charge in [-0.05, 0) is 270 Å². The van der Waals surface area contributed by atoms with E-state index in [9.17, 15) is 23.7 Å². The number of nitriles is 1. The third-order valence-corrected chi connectivity index (χ3v) is 22.7. The first-order valence-corrected chi connectivity index (χ1v) is 60.3. The number of ether oxygens (including phenoxy) is 5. The number of nitrogens with zero attached hydrogens (tertiary/aromatic N) is 4. The molecule has 0 saturated heterocycles. The maximum absolute atomic E-state index is 12.4. The second kappa shape index (κ2) is 69.0. The highest BCUT2D eigenvalue weighted by Crippen LogP contribution is 2.48. The minimum atomic E-state index is -3.28. The third-order valence-electron chi connectivity index (χ3n) is 16.0. The molecule has 7 aromatic carbocycles. The number of terminal acetylenes is 1. The van der Waals surface area contributed by atoms with E-state index >= 15 is 0 Å². The van der Waals surface area contributed by atoms with Crippen LogP contribution in [-0.2, 0) is 46.9 Å². The van der Waals surface area contributed by atoms with Crippen molar-refractivity contribution in [2.24, 2.45) is 0 Å². The molecule has 138 heavy (non-hydrogen) atoms. The number of benzene rings is 7. The van der Waals surface area contributed by atoms with Crippen molar-refractivity contribution in [3.8, 4) is 70.4 Å². The Morgan fingerprint density at radius 2 is 0.913 bits per heavy atom. The highest BCUT2D eigenvalue weighted by atomic mass is 127. The molecule has 0 radical (unpaired) electrons. The molecule has 2 N–H and O–H groups in total. The fourth-order valence-corrected chi connectivity index (χ4v) is 14.6. The van der Waals surface area contributed by atoms with Gasteiger partial charge in [0, 0.05) is 84.7 Å². The van der Waals surface area contributed by atoms with Gasteiger partial charge >= 0.3 is 38.0 Å². The number of rotatable bonds is 10. The van der Waals surface area contributed by atoms with E-state index < -0.39 is 54.6 Å². The summed E-state index contributed by atoms with van der Waals surface area (Å²) in [6, 6.07) is 67.6. The third kappa shape index (κ3) is 58.7. The second-order valence-electron chi connectivity index (χ2n) is 35.1. The average molecular weight is 2240 g/mol. The molecule has 0 aliphatic heterocycles. The molecule has 12 rings (SSSR count). The number of methoxy groups -OCH3 is 1. The Hall–Kier alpha value is -10.9. The minimum Gasteiger partial charge on any atom is -0.497 e. The predicted molar refractivity (Wildman–Crippen MR) is 604 cm³/mol. The van der Waals surface area contributed by atoms with E-state index in [1.54, 1.807) is 44.7 Å². The van der Waals surface area contributed by atoms with E-state index in [0.29, 0.717) is 10.3 Å². The van der Waals surface area contributed by atoms with Crippen LogP contribution in [0, 0.1) is 77.0 Å². The SMILES string of the molecule is C.C#C[Si](C)(C)C.CC#N.CC(C)(C)OC(=O)n1c(Br)cc2ccccc21.CC(C)(C)OC(=O)n1ccc2ccccc21.CC/C=C/c1ccc(I)cc1.CCC#C[Si](C)(C)C.CCC#C[Si](C)(C)C.CCC#Cc1cc2ccccc2[nH]1.CCC#Cc1cc2ccccc2n1C(=O)OC(C)(C)C.CCOC(=O)CP(=O)(OCC)OCC.COc1ccc(I)cc1.O=C=O.c1ccc2[nH]ccc2c1. The molecular formula is C111H146BrI2N6O14PSi3. The summed E-state index contributed by atoms with van der Waals surface area (Å²) in [7, 11) is -4.79. The summed E-state index contributed by atoms with van der Waals surface area (Å²) in [5, 5.41) is 12.8. The van der Waals surface area contributed by atoms with E-state index in [0.717, 1.165) is 81.8 Å². The lowest BCUT2D eigenvalue weighted by molar-refractivity contribution is -0.191. The van der Waals surface area contributed by atoms with Crippen molar-refractivity contribution in [3.05, 3.63) is 247 Å². The summed E-state index contributed by atoms with van der Waals surface area (Å²) in [4.78, 5) is 70.0. The Balaban J connectivity index is 0. The Labute approximate surface area is 862 Å². The summed E-state index contributed by atoms with van der Waals surface area (Å²) < 4.78 is 55.2. The van der Waals surface area contributed by atoms with Crippen LogP contribution in [-0.4, -0.2) is 128 Å². The van der Waals surface area contributed by atoms with E-state index in [-0.39, 0.29) is 57.8 Å². The number of aromatic nitrogens is 5. The van der Waals surface area contributed by atoms with Crippen LogP contribution in [0.1, 0.15) is 181 Å². The Kier molecular flexibility index (Phi) is 64.5. The quantitative estimate of drug-likeness (QED) is 0.0322. The lowest BCUT2D eigenvalue weighted by Gasteiger charge is -2.20. The zero-order chi connectivity index (χ0) is 104. The molecule has 20 nitrogen and oxygen atoms in total. The number of halogens is 3. The van der Waals surface area contributed by atoms with Crippen LogP contribution in [0.2, 0.25) is 58.9 Å². The molecular weight excluding hydrogens is 2090 g/mol. The van der Waals surface area contributed by atoms with E-state index in [2.05, 4.69) is 287 Å². The number of hydrogen-bond donors (Lipinski definition) is 2. The normalized spacial score (nSPS) is 10.3. The molecule has 0 saturated carbocycles. The van der Waals surface area contributed by atoms with Crippen LogP contribution in [0.5, 0.6) is 5.75 Å². The van der Waals surface area contributed by atoms with Gasteiger partial charge in [0.05, 0.1) is 59.8 Å². The van der Waals surface area contributed by atoms with Crippen molar-refractivity contribution in [3.63, 3.8) is 0 Å². The fourth-order valence-electron chi connectivity index (χ4n) is 10.4. The summed E-state index contributed by atoms with van der Waals surface area (Å²) >= 11 is 7.95. The number of para-hydroxylation sites is 5. The van der Waals surface area contributed by atoms with Gasteiger partial charge in [0.2, 0.25) is 0 Å². The van der Waals surface area contributed by atoms with Crippen LogP contribution in [0.25, 0.3) is 60.6 Å². The van der Waals surface area contributed by atoms with Gasteiger partial charge < -0.3 is 42.7 Å². The molecule has 0 aliphatic carbocycles. The minimum absolute atomic E-state index is 0. The predicted octanol–water partition coefficient (Wildman–Crippen LogP) is 31.4. The number of carbonyl (C=O) groups excluding carboxylic acids is 6. The van der Waals surface area contributed by atoms with Gasteiger partial charge in [-0.2, -0.15) is 14.9 Å². The van der Waals surface area contributed by atoms with Crippen LogP contribution in [0.3, 0.4) is 0 Å². The lowest BCUT2D eigenvalue weighted by Crippen LogP contribution is -2.27. The van der Waals surface area contributed by atoms with E-state index in [1.165, 1.54) is 45.1 Å². The van der Waals surface area contributed by atoms with Crippen molar-refractivity contribution >= 4 is 184 Å². The summed E-state index contributed by atoms with van der Waals surface area (Å²) in [5.74, 6) is 18.7. The first-order valence-electron chi connectivity index (χ1n) is 45.1. The molecule has 5 heterocycles. The van der Waals surface area contributed by atoms with Gasteiger partial charge in [0.15, 0.2) is 0 Å². The molecule has 0 bridgehead atoms. The number of carbonyl (C=O) groups is 4. The molecule has 0 atom stereocenters. The summed E-state index contributed by atoms with van der Waals surface area (Å²) in [6.07, 6.45) is 16.7. The van der Waals surface area contributed by atoms with Crippen molar-refractivity contribution in [1.29, 1.82) is 5.26 Å². The Morgan fingerprint density at radius 3 is 1.33 bits per heavy atom. The Morgan fingerprint density at radius 1 is 0.507 bits per heavy atom. The van der Waals surface area contributed by atoms with Gasteiger partial charge in [-0.1, -0.05) is 228 Å². The molecule has 742 valence electrons. The topological polar surface area (TPSA) is 254 Å². The van der Waals surface area contributed by atoms with Crippen LogP contribution >= 0.6 is 68.7 Å². The van der Waals surface area contributed by atoms with Crippen molar-refractivity contribution in [2.75, 3.05) is 33.1 Å². The van der Waals surface area contributed by atoms with Crippen molar-refractivity contribution < 1.29 is 66.1 Å². The molecule has 0 amide bonds. The first-order chi connectivity index (χ1) is 64.4. The number of hydrogen-bond acceptors (Lipinski definition) is 15. The summed E-state index contributed by atoms with van der Waals surface area (Å²) in [6.45, 7) is 54.3. The largest absolute Gasteiger partial charge is 0.497 e. The molecule has 0 spiro atoms. The van der Waals surface area contributed by atoms with Crippen molar-refractivity contribution in [2.45, 2.75) is 240 Å². The van der Waals surface area contributed by atoms with Crippen LogP contribution in [0.15, 0.2) is 223 Å². The molecule has 5 aromatic heterocycles. The number of esters is 1. The van der Waals surface area contributed by atoms with Gasteiger partial charge in [0.1, 0.15) is 58.6 Å². The van der Waals surface area contributed by atoms with E-state index in [1.807, 2.05) is 215 Å². The second-order valence-corrected chi connectivity index (χ2v) is 54.7. The number of H-pyrrole nitrogens is 2. The molecule has 0 fully saturated rings. The number of aromatic amines is 2. The average Bonchev–Trinajstić information content (AvgIpc) is 1.64. The monoisotopic (exact) mass is 2230 g/mol. The Bertz CT molecular complexity index is 6000. The molecule has 0 aliphatic rings. The van der Waals surface area contributed by atoms with Gasteiger partial charge in [-0.15, -0.1) is 34.9 Å². The van der Waals surface area contributed by atoms with Crippen LogP contribution < -0.4 is 4.74 Å². The highest BCUT2D eigenvalue weighted by Gasteiger charge is 2.29. The highest BCUT2D eigenvalue weighted by molar-refractivity contribution is 14.1. The standard InChI is InChI=1S/C17H19NO2.C13H14BrNO2.C13H15NO2.C12H11N.C10H11I.C8H7N.C8H17O5P.C7H7IO.2C7H14Si.C5H10Si.C2H3N.CO2.CH4/c1-5-6-10-14-12-13-9-7-8-11-15(13)18(14)16(19)20-17(2,3)4;1-13(2,3)17-12(16)15-10-7-5-4-6-9(10)8-11(15)14;1-13(2,3)16-12(15)14-9-8-10-6-4-5-7-11(10)14;1-2-3-7-11-9-10-6-4-5-8-12(10)13-11;1-2-3-4-9-5-7-10(11)8-6-9;1-2-4-8-7(3-1)5-6-9-8;1-4-11-8(9)7-14(10,12-5-2)13-6-3;1-9-7-4-2-6(8)3-5-7;2*1-5-6-7-8(2,3)4;1-5-6(2,3)4;1-2-3;2-1-3;/h7-9,11-12H,5H2,1-4H3;4-8H,1-3H3;4-9H,1-3H3;4-6,8-9,13H,2H2,1H3;3-8H,2H2,1H3;1-6,9H;4-7H2,1-3H3;2-5H,1H3;2*5H2,1-4H3;1H,2-4H3;1H3;;1H4/b;;;;4-3+;;;;;;;;;. The first kappa shape index (κ1) is 129. The van der Waals surface area contributed by atoms with Gasteiger partial charge in [-0.3, -0.25) is 13.9 Å². The van der Waals surface area contributed by atoms with Gasteiger partial charge in [-0.25, -0.2) is 23.5 Å². The maximum Gasteiger partial charge on any atom is 0.420 e. The number of fused-ring (bicyclic) bond motifs is 5.